The Kier molecular flexibility index (Phi) is 5.51. The zero-order valence-electron chi connectivity index (χ0n) is 17.0. The molecule has 2 aliphatic heterocycles. The Morgan fingerprint density at radius 2 is 1.79 bits per heavy atom. The van der Waals surface area contributed by atoms with E-state index in [1.165, 1.54) is 24.1 Å². The van der Waals surface area contributed by atoms with Gasteiger partial charge in [0.2, 0.25) is 0 Å². The van der Waals surface area contributed by atoms with Crippen molar-refractivity contribution in [1.82, 2.24) is 9.88 Å². The summed E-state index contributed by atoms with van der Waals surface area (Å²) in [5, 5.41) is 0. The average molecular weight is 379 g/mol. The molecular weight excluding hydrogens is 348 g/mol. The number of nitrogens with zero attached hydrogens (tertiary/aromatic N) is 4. The minimum absolute atomic E-state index is 0.0517. The van der Waals surface area contributed by atoms with E-state index in [9.17, 15) is 4.79 Å². The van der Waals surface area contributed by atoms with Crippen LogP contribution in [0.25, 0.3) is 0 Å². The third kappa shape index (κ3) is 4.13. The van der Waals surface area contributed by atoms with Crippen LogP contribution in [0.1, 0.15) is 35.8 Å². The molecule has 2 fully saturated rings. The van der Waals surface area contributed by atoms with Crippen LogP contribution in [0.2, 0.25) is 0 Å². The summed E-state index contributed by atoms with van der Waals surface area (Å²) >= 11 is 0. The van der Waals surface area contributed by atoms with Gasteiger partial charge in [0, 0.05) is 56.8 Å². The van der Waals surface area contributed by atoms with E-state index in [2.05, 4.69) is 52.9 Å². The summed E-state index contributed by atoms with van der Waals surface area (Å²) in [7, 11) is 0. The predicted octanol–water partition coefficient (Wildman–Crippen LogP) is 3.59. The highest BCUT2D eigenvalue weighted by Crippen LogP contribution is 2.24. The lowest BCUT2D eigenvalue weighted by Gasteiger charge is -2.36. The molecule has 0 radical (unpaired) electrons. The van der Waals surface area contributed by atoms with Crippen molar-refractivity contribution in [3.63, 3.8) is 0 Å². The van der Waals surface area contributed by atoms with Crippen LogP contribution in [0.3, 0.4) is 0 Å². The number of rotatable bonds is 3. The van der Waals surface area contributed by atoms with Gasteiger partial charge in [-0.05, 0) is 55.5 Å². The Bertz CT molecular complexity index is 829. The number of aryl methyl sites for hydroxylation is 1. The van der Waals surface area contributed by atoms with E-state index < -0.39 is 0 Å². The van der Waals surface area contributed by atoms with Crippen molar-refractivity contribution in [2.75, 3.05) is 49.1 Å². The summed E-state index contributed by atoms with van der Waals surface area (Å²) in [5.74, 6) is 0.756. The lowest BCUT2D eigenvalue weighted by molar-refractivity contribution is 0.0741. The Morgan fingerprint density at radius 1 is 1.00 bits per heavy atom. The number of piperidine rings is 1. The van der Waals surface area contributed by atoms with E-state index in [-0.39, 0.29) is 5.91 Å². The number of carbonyl (C=O) groups is 1. The smallest absolute Gasteiger partial charge is 0.272 e. The van der Waals surface area contributed by atoms with Gasteiger partial charge in [-0.1, -0.05) is 19.1 Å². The van der Waals surface area contributed by atoms with Crippen LogP contribution in [0, 0.1) is 12.8 Å². The van der Waals surface area contributed by atoms with Gasteiger partial charge in [0.05, 0.1) is 0 Å². The third-order valence-corrected chi connectivity index (χ3v) is 5.92. The van der Waals surface area contributed by atoms with Crippen LogP contribution in [0.4, 0.5) is 11.4 Å². The second-order valence-corrected chi connectivity index (χ2v) is 8.21. The van der Waals surface area contributed by atoms with Crippen molar-refractivity contribution in [2.45, 2.75) is 26.7 Å². The minimum atomic E-state index is 0.0517. The first-order valence-electron chi connectivity index (χ1n) is 10.4. The molecule has 0 bridgehead atoms. The highest BCUT2D eigenvalue weighted by molar-refractivity contribution is 5.93. The first-order valence-corrected chi connectivity index (χ1v) is 10.4. The maximum Gasteiger partial charge on any atom is 0.272 e. The number of piperazine rings is 1. The molecular formula is C23H30N4O. The molecule has 1 amide bonds. The first kappa shape index (κ1) is 18.8. The molecule has 0 spiro atoms. The van der Waals surface area contributed by atoms with Crippen LogP contribution in [-0.2, 0) is 0 Å². The van der Waals surface area contributed by atoms with Gasteiger partial charge < -0.3 is 14.7 Å². The van der Waals surface area contributed by atoms with E-state index in [1.54, 1.807) is 6.20 Å². The molecule has 2 aliphatic rings. The minimum Gasteiger partial charge on any atom is -0.371 e. The second kappa shape index (κ2) is 8.21. The molecule has 28 heavy (non-hydrogen) atoms. The fourth-order valence-corrected chi connectivity index (χ4v) is 4.31. The Labute approximate surface area is 168 Å². The SMILES string of the molecule is Cc1cccc(N2CCN(C(=O)c3cc(N4CCCC(C)C4)ccn3)CC2)c1. The van der Waals surface area contributed by atoms with Gasteiger partial charge >= 0.3 is 0 Å². The molecule has 0 N–H and O–H groups in total. The summed E-state index contributed by atoms with van der Waals surface area (Å²) < 4.78 is 0. The monoisotopic (exact) mass is 378 g/mol. The highest BCUT2D eigenvalue weighted by Gasteiger charge is 2.24. The van der Waals surface area contributed by atoms with Crippen LogP contribution in [0.5, 0.6) is 0 Å². The van der Waals surface area contributed by atoms with Crippen LogP contribution >= 0.6 is 0 Å². The van der Waals surface area contributed by atoms with Crippen molar-refractivity contribution in [2.24, 2.45) is 5.92 Å². The standard InChI is InChI=1S/C23H30N4O/c1-18-5-3-7-20(15-18)25-11-13-26(14-12-25)23(28)22-16-21(8-9-24-22)27-10-4-6-19(2)17-27/h3,5,7-9,15-16,19H,4,6,10-14,17H2,1-2H3. The highest BCUT2D eigenvalue weighted by atomic mass is 16.2. The average Bonchev–Trinajstić information content (AvgIpc) is 2.73. The van der Waals surface area contributed by atoms with E-state index in [0.717, 1.165) is 45.0 Å². The van der Waals surface area contributed by atoms with Crippen molar-refractivity contribution in [1.29, 1.82) is 0 Å². The molecule has 1 aromatic heterocycles. The van der Waals surface area contributed by atoms with Gasteiger partial charge in [0.25, 0.3) is 5.91 Å². The summed E-state index contributed by atoms with van der Waals surface area (Å²) in [6.45, 7) is 9.73. The van der Waals surface area contributed by atoms with Crippen LogP contribution in [-0.4, -0.2) is 55.1 Å². The van der Waals surface area contributed by atoms with E-state index in [1.807, 2.05) is 17.0 Å². The van der Waals surface area contributed by atoms with Crippen molar-refractivity contribution in [3.8, 4) is 0 Å². The Hall–Kier alpha value is -2.56. The van der Waals surface area contributed by atoms with Crippen molar-refractivity contribution < 1.29 is 4.79 Å². The lowest BCUT2D eigenvalue weighted by Crippen LogP contribution is -2.49. The molecule has 2 saturated heterocycles. The molecule has 0 aliphatic carbocycles. The number of anilines is 2. The lowest BCUT2D eigenvalue weighted by atomic mass is 10.00. The fraction of sp³-hybridized carbons (Fsp3) is 0.478. The summed E-state index contributed by atoms with van der Waals surface area (Å²) in [5.41, 5.74) is 4.21. The zero-order chi connectivity index (χ0) is 19.5. The molecule has 1 atom stereocenters. The van der Waals surface area contributed by atoms with Gasteiger partial charge in [-0.25, -0.2) is 0 Å². The maximum atomic E-state index is 13.0. The Balaban J connectivity index is 1.41. The van der Waals surface area contributed by atoms with Crippen LogP contribution in [0.15, 0.2) is 42.6 Å². The topological polar surface area (TPSA) is 39.7 Å². The predicted molar refractivity (Wildman–Crippen MR) is 114 cm³/mol. The molecule has 2 aromatic rings. The van der Waals surface area contributed by atoms with E-state index in [4.69, 9.17) is 0 Å². The quantitative estimate of drug-likeness (QED) is 0.818. The summed E-state index contributed by atoms with van der Waals surface area (Å²) in [6, 6.07) is 12.6. The van der Waals surface area contributed by atoms with Gasteiger partial charge in [-0.3, -0.25) is 9.78 Å². The Morgan fingerprint density at radius 3 is 2.54 bits per heavy atom. The maximum absolute atomic E-state index is 13.0. The first-order chi connectivity index (χ1) is 13.6. The fourth-order valence-electron chi connectivity index (χ4n) is 4.31. The number of amides is 1. The number of hydrogen-bond donors (Lipinski definition) is 0. The number of pyridine rings is 1. The molecule has 0 saturated carbocycles. The van der Waals surface area contributed by atoms with E-state index >= 15 is 0 Å². The number of benzene rings is 1. The number of carbonyl (C=O) groups excluding carboxylic acids is 1. The molecule has 3 heterocycles. The summed E-state index contributed by atoms with van der Waals surface area (Å²) in [4.78, 5) is 24.1. The molecule has 1 unspecified atom stereocenters. The third-order valence-electron chi connectivity index (χ3n) is 5.92. The number of aromatic nitrogens is 1. The molecule has 4 rings (SSSR count). The van der Waals surface area contributed by atoms with Gasteiger partial charge in [-0.2, -0.15) is 0 Å². The van der Waals surface area contributed by atoms with E-state index in [0.29, 0.717) is 11.6 Å². The largest absolute Gasteiger partial charge is 0.371 e. The second-order valence-electron chi connectivity index (χ2n) is 8.21. The van der Waals surface area contributed by atoms with Gasteiger partial charge in [-0.15, -0.1) is 0 Å². The van der Waals surface area contributed by atoms with Gasteiger partial charge in [0.15, 0.2) is 0 Å². The van der Waals surface area contributed by atoms with Crippen molar-refractivity contribution >= 4 is 17.3 Å². The zero-order valence-corrected chi connectivity index (χ0v) is 17.0. The molecule has 148 valence electrons. The summed E-state index contributed by atoms with van der Waals surface area (Å²) in [6.07, 6.45) is 4.29. The molecule has 1 aromatic carbocycles. The molecule has 5 heteroatoms. The molecule has 5 nitrogen and oxygen atoms in total. The van der Waals surface area contributed by atoms with Gasteiger partial charge in [0.1, 0.15) is 5.69 Å². The normalized spacial score (nSPS) is 20.4. The van der Waals surface area contributed by atoms with Crippen LogP contribution < -0.4 is 9.80 Å². The van der Waals surface area contributed by atoms with Crippen molar-refractivity contribution in [3.05, 3.63) is 53.9 Å². The number of hydrogen-bond acceptors (Lipinski definition) is 4.